The summed E-state index contributed by atoms with van der Waals surface area (Å²) in [4.78, 5) is 14.7. The average Bonchev–Trinajstić information content (AvgIpc) is 2.20. The highest BCUT2D eigenvalue weighted by Crippen LogP contribution is 2.06. The molecule has 0 N–H and O–H groups in total. The van der Waals surface area contributed by atoms with Crippen LogP contribution in [-0.2, 0) is 4.79 Å². The Kier molecular flexibility index (Phi) is 5.44. The van der Waals surface area contributed by atoms with Crippen molar-refractivity contribution in [3.8, 4) is 11.8 Å². The van der Waals surface area contributed by atoms with Crippen LogP contribution in [-0.4, -0.2) is 15.9 Å². The molecule has 0 spiro atoms. The minimum Gasteiger partial charge on any atom is -0.288 e. The van der Waals surface area contributed by atoms with Gasteiger partial charge in [-0.3, -0.25) is 4.79 Å². The molecule has 0 atom stereocenters. The Hall–Kier alpha value is -0.790. The van der Waals surface area contributed by atoms with E-state index in [2.05, 4.69) is 32.8 Å². The van der Waals surface area contributed by atoms with Gasteiger partial charge in [-0.1, -0.05) is 17.7 Å². The van der Waals surface area contributed by atoms with Crippen molar-refractivity contribution in [3.63, 3.8) is 0 Å². The van der Waals surface area contributed by atoms with Crippen LogP contribution in [0.4, 0.5) is 0 Å². The van der Waals surface area contributed by atoms with Crippen molar-refractivity contribution < 1.29 is 4.79 Å². The quantitative estimate of drug-likeness (QED) is 0.618. The van der Waals surface area contributed by atoms with Gasteiger partial charge in [0, 0.05) is 29.8 Å². The van der Waals surface area contributed by atoms with Gasteiger partial charge >= 0.3 is 0 Å². The molecule has 0 aliphatic carbocycles. The summed E-state index contributed by atoms with van der Waals surface area (Å²) in [5.74, 6) is 6.66. The molecule has 0 fully saturated rings. The molecule has 1 heterocycles. The van der Waals surface area contributed by atoms with E-state index in [9.17, 15) is 4.79 Å². The molecule has 4 heteroatoms. The van der Waals surface area contributed by atoms with Crippen molar-refractivity contribution in [2.75, 3.05) is 5.75 Å². The molecule has 78 valence electrons. The first-order valence-corrected chi connectivity index (χ1v) is 6.20. The van der Waals surface area contributed by atoms with Crippen LogP contribution in [0, 0.1) is 11.8 Å². The SMILES string of the molecule is CC(=O)SCCC#Cc1ccc(Br)cn1. The highest BCUT2D eigenvalue weighted by molar-refractivity contribution is 9.10. The first-order valence-electron chi connectivity index (χ1n) is 4.42. The Balaban J connectivity index is 2.38. The molecule has 0 aromatic carbocycles. The molecule has 0 saturated carbocycles. The largest absolute Gasteiger partial charge is 0.288 e. The van der Waals surface area contributed by atoms with Gasteiger partial charge in [0.05, 0.1) is 0 Å². The molecule has 0 bridgehead atoms. The third-order valence-corrected chi connectivity index (χ3v) is 2.76. The lowest BCUT2D eigenvalue weighted by atomic mass is 10.3. The third-order valence-electron chi connectivity index (χ3n) is 1.48. The number of hydrogen-bond acceptors (Lipinski definition) is 3. The Bertz CT molecular complexity index is 391. The molecule has 0 aliphatic heterocycles. The van der Waals surface area contributed by atoms with Crippen LogP contribution < -0.4 is 0 Å². The minimum atomic E-state index is 0.138. The number of pyridine rings is 1. The second-order valence-corrected chi connectivity index (χ2v) is 4.94. The molecule has 0 radical (unpaired) electrons. The zero-order valence-electron chi connectivity index (χ0n) is 8.29. The molecule has 0 saturated heterocycles. The third kappa shape index (κ3) is 5.60. The smallest absolute Gasteiger partial charge is 0.185 e. The number of rotatable bonds is 2. The number of halogens is 1. The molecule has 1 aromatic heterocycles. The van der Waals surface area contributed by atoms with E-state index in [0.29, 0.717) is 6.42 Å². The monoisotopic (exact) mass is 283 g/mol. The van der Waals surface area contributed by atoms with Gasteiger partial charge in [0.25, 0.3) is 0 Å². The van der Waals surface area contributed by atoms with Crippen LogP contribution in [0.15, 0.2) is 22.8 Å². The Morgan fingerprint density at radius 1 is 1.60 bits per heavy atom. The van der Waals surface area contributed by atoms with Crippen molar-refractivity contribution in [2.45, 2.75) is 13.3 Å². The second-order valence-electron chi connectivity index (χ2n) is 2.75. The van der Waals surface area contributed by atoms with E-state index in [4.69, 9.17) is 0 Å². The van der Waals surface area contributed by atoms with Crippen LogP contribution in [0.2, 0.25) is 0 Å². The van der Waals surface area contributed by atoms with Crippen molar-refractivity contribution in [3.05, 3.63) is 28.5 Å². The van der Waals surface area contributed by atoms with E-state index < -0.39 is 0 Å². The maximum atomic E-state index is 10.6. The highest BCUT2D eigenvalue weighted by Gasteiger charge is 1.91. The Morgan fingerprint density at radius 2 is 2.40 bits per heavy atom. The van der Waals surface area contributed by atoms with Crippen LogP contribution >= 0.6 is 27.7 Å². The summed E-state index contributed by atoms with van der Waals surface area (Å²) >= 11 is 4.60. The van der Waals surface area contributed by atoms with Gasteiger partial charge in [0.2, 0.25) is 0 Å². The van der Waals surface area contributed by atoms with E-state index in [0.717, 1.165) is 15.9 Å². The summed E-state index contributed by atoms with van der Waals surface area (Å²) < 4.78 is 0.945. The number of carbonyl (C=O) groups excluding carboxylic acids is 1. The first kappa shape index (κ1) is 12.3. The number of thioether (sulfide) groups is 1. The predicted molar refractivity (Wildman–Crippen MR) is 66.6 cm³/mol. The lowest BCUT2D eigenvalue weighted by Crippen LogP contribution is -1.84. The Labute approximate surface area is 102 Å². The lowest BCUT2D eigenvalue weighted by molar-refractivity contribution is -0.109. The molecular weight excluding hydrogens is 274 g/mol. The van der Waals surface area contributed by atoms with Gasteiger partial charge in [-0.05, 0) is 34.0 Å². The summed E-state index contributed by atoms with van der Waals surface area (Å²) in [6.07, 6.45) is 2.43. The zero-order valence-corrected chi connectivity index (χ0v) is 10.7. The normalized spacial score (nSPS) is 9.20. The molecule has 1 rings (SSSR count). The van der Waals surface area contributed by atoms with Gasteiger partial charge in [-0.15, -0.1) is 0 Å². The van der Waals surface area contributed by atoms with Crippen molar-refractivity contribution in [1.29, 1.82) is 0 Å². The lowest BCUT2D eigenvalue weighted by Gasteiger charge is -1.90. The van der Waals surface area contributed by atoms with Gasteiger partial charge in [-0.2, -0.15) is 0 Å². The van der Waals surface area contributed by atoms with E-state index in [-0.39, 0.29) is 5.12 Å². The number of hydrogen-bond donors (Lipinski definition) is 0. The summed E-state index contributed by atoms with van der Waals surface area (Å²) in [7, 11) is 0. The van der Waals surface area contributed by atoms with Crippen molar-refractivity contribution in [1.82, 2.24) is 4.98 Å². The van der Waals surface area contributed by atoms with E-state index >= 15 is 0 Å². The molecule has 1 aromatic rings. The van der Waals surface area contributed by atoms with Crippen LogP contribution in [0.25, 0.3) is 0 Å². The molecule has 0 aliphatic rings. The highest BCUT2D eigenvalue weighted by atomic mass is 79.9. The van der Waals surface area contributed by atoms with Crippen LogP contribution in [0.1, 0.15) is 19.0 Å². The summed E-state index contributed by atoms with van der Waals surface area (Å²) in [6, 6.07) is 3.76. The van der Waals surface area contributed by atoms with Gasteiger partial charge in [-0.25, -0.2) is 4.98 Å². The number of carbonyl (C=O) groups is 1. The number of nitrogens with zero attached hydrogens (tertiary/aromatic N) is 1. The second kappa shape index (κ2) is 6.65. The molecule has 2 nitrogen and oxygen atoms in total. The average molecular weight is 284 g/mol. The maximum absolute atomic E-state index is 10.6. The van der Waals surface area contributed by atoms with Gasteiger partial charge in [0.15, 0.2) is 5.12 Å². The fourth-order valence-corrected chi connectivity index (χ4v) is 1.57. The predicted octanol–water partition coefficient (Wildman–Crippen LogP) is 2.87. The van der Waals surface area contributed by atoms with E-state index in [1.165, 1.54) is 11.8 Å². The summed E-state index contributed by atoms with van der Waals surface area (Å²) in [5, 5.41) is 0.138. The van der Waals surface area contributed by atoms with Gasteiger partial charge in [0.1, 0.15) is 5.69 Å². The molecule has 0 amide bonds. The van der Waals surface area contributed by atoms with E-state index in [1.807, 2.05) is 12.1 Å². The summed E-state index contributed by atoms with van der Waals surface area (Å²) in [6.45, 7) is 1.56. The van der Waals surface area contributed by atoms with Crippen LogP contribution in [0.3, 0.4) is 0 Å². The van der Waals surface area contributed by atoms with E-state index in [1.54, 1.807) is 13.1 Å². The first-order chi connectivity index (χ1) is 7.18. The van der Waals surface area contributed by atoms with Crippen molar-refractivity contribution >= 4 is 32.8 Å². The fraction of sp³-hybridized carbons (Fsp3) is 0.273. The molecule has 15 heavy (non-hydrogen) atoms. The molecular formula is C11H10BrNOS. The zero-order chi connectivity index (χ0) is 11.1. The van der Waals surface area contributed by atoms with Gasteiger partial charge < -0.3 is 0 Å². The van der Waals surface area contributed by atoms with Crippen molar-refractivity contribution in [2.24, 2.45) is 0 Å². The fourth-order valence-electron chi connectivity index (χ4n) is 0.849. The maximum Gasteiger partial charge on any atom is 0.185 e. The summed E-state index contributed by atoms with van der Waals surface area (Å²) in [5.41, 5.74) is 0.756. The molecule has 0 unspecified atom stereocenters. The standard InChI is InChI=1S/C11H10BrNOS/c1-9(14)15-7-3-2-4-11-6-5-10(12)8-13-11/h5-6,8H,3,7H2,1H3. The van der Waals surface area contributed by atoms with Crippen LogP contribution in [0.5, 0.6) is 0 Å². The minimum absolute atomic E-state index is 0.138. The number of aromatic nitrogens is 1. The topological polar surface area (TPSA) is 30.0 Å². The Morgan fingerprint density at radius 3 is 3.00 bits per heavy atom.